The number of rotatable bonds is 5. The Balaban J connectivity index is 1.35. The monoisotopic (exact) mass is 464 g/mol. The number of nitrogens with one attached hydrogen (secondary N) is 1. The number of aromatic nitrogens is 2. The molecule has 174 valence electrons. The number of fused-ring (bicyclic) bond motifs is 2. The Hall–Kier alpha value is -4.28. The minimum atomic E-state index is -0.768. The molecule has 7 nitrogen and oxygen atoms in total. The summed E-state index contributed by atoms with van der Waals surface area (Å²) in [5.41, 5.74) is 4.80. The van der Waals surface area contributed by atoms with Crippen LogP contribution in [0, 0.1) is 11.3 Å². The number of hydrogen-bond acceptors (Lipinski definition) is 6. The first-order valence-corrected chi connectivity index (χ1v) is 11.3. The molecule has 2 aromatic carbocycles. The summed E-state index contributed by atoms with van der Waals surface area (Å²) in [4.78, 5) is 22.1. The fourth-order valence-electron chi connectivity index (χ4n) is 4.26. The van der Waals surface area contributed by atoms with Crippen LogP contribution in [0.1, 0.15) is 34.1 Å². The summed E-state index contributed by atoms with van der Waals surface area (Å²) in [5.74, 6) is 0.548. The molecule has 1 amide bonds. The van der Waals surface area contributed by atoms with Gasteiger partial charge in [0.2, 0.25) is 0 Å². The highest BCUT2D eigenvalue weighted by Crippen LogP contribution is 2.32. The molecular weight excluding hydrogens is 440 g/mol. The highest BCUT2D eigenvalue weighted by Gasteiger charge is 2.33. The fourth-order valence-corrected chi connectivity index (χ4v) is 4.26. The molecule has 0 bridgehead atoms. The van der Waals surface area contributed by atoms with Crippen molar-refractivity contribution in [2.24, 2.45) is 0 Å². The molecule has 35 heavy (non-hydrogen) atoms. The summed E-state index contributed by atoms with van der Waals surface area (Å²) in [7, 11) is 1.64. The van der Waals surface area contributed by atoms with Crippen molar-refractivity contribution in [1.29, 1.82) is 5.26 Å². The number of ether oxygens (including phenoxy) is 2. The van der Waals surface area contributed by atoms with E-state index < -0.39 is 5.41 Å². The summed E-state index contributed by atoms with van der Waals surface area (Å²) in [6.45, 7) is 2.85. The van der Waals surface area contributed by atoms with Crippen LogP contribution in [-0.2, 0) is 23.3 Å². The van der Waals surface area contributed by atoms with Crippen LogP contribution in [0.2, 0.25) is 0 Å². The van der Waals surface area contributed by atoms with Crippen molar-refractivity contribution in [3.8, 4) is 23.1 Å². The summed E-state index contributed by atoms with van der Waals surface area (Å²) < 4.78 is 10.9. The van der Waals surface area contributed by atoms with Gasteiger partial charge in [0.25, 0.3) is 5.91 Å². The molecule has 0 spiro atoms. The number of carbonyl (C=O) groups excluding carboxylic acids is 1. The molecule has 1 aliphatic rings. The first kappa shape index (κ1) is 22.5. The number of hydrogen-bond donors (Lipinski definition) is 1. The lowest BCUT2D eigenvalue weighted by molar-refractivity contribution is 0.0757. The zero-order valence-electron chi connectivity index (χ0n) is 19.5. The van der Waals surface area contributed by atoms with Gasteiger partial charge in [0.15, 0.2) is 0 Å². The second-order valence-electron chi connectivity index (χ2n) is 8.79. The second-order valence-corrected chi connectivity index (χ2v) is 8.79. The largest absolute Gasteiger partial charge is 0.497 e. The molecule has 0 saturated carbocycles. The van der Waals surface area contributed by atoms with E-state index in [1.54, 1.807) is 25.4 Å². The molecule has 7 heteroatoms. The molecule has 4 aromatic rings. The lowest BCUT2D eigenvalue weighted by Gasteiger charge is -2.30. The van der Waals surface area contributed by atoms with E-state index in [0.29, 0.717) is 24.5 Å². The Labute approximate surface area is 203 Å². The predicted molar refractivity (Wildman–Crippen MR) is 132 cm³/mol. The quantitative estimate of drug-likeness (QED) is 0.466. The second kappa shape index (κ2) is 9.16. The van der Waals surface area contributed by atoms with Gasteiger partial charge >= 0.3 is 0 Å². The number of carbonyl (C=O) groups is 1. The van der Waals surface area contributed by atoms with Gasteiger partial charge in [-0.25, -0.2) is 4.98 Å². The van der Waals surface area contributed by atoms with E-state index >= 15 is 0 Å². The van der Waals surface area contributed by atoms with Crippen LogP contribution in [0.4, 0.5) is 0 Å². The van der Waals surface area contributed by atoms with Crippen molar-refractivity contribution in [1.82, 2.24) is 15.3 Å². The van der Waals surface area contributed by atoms with Gasteiger partial charge in [-0.05, 0) is 60.5 Å². The van der Waals surface area contributed by atoms with Gasteiger partial charge in [-0.1, -0.05) is 18.2 Å². The van der Waals surface area contributed by atoms with Crippen molar-refractivity contribution in [3.63, 3.8) is 0 Å². The molecule has 1 aliphatic heterocycles. The third kappa shape index (κ3) is 4.44. The van der Waals surface area contributed by atoms with Gasteiger partial charge in [0, 0.05) is 22.7 Å². The van der Waals surface area contributed by atoms with Crippen molar-refractivity contribution in [3.05, 3.63) is 89.2 Å². The molecule has 5 rings (SSSR count). The van der Waals surface area contributed by atoms with Gasteiger partial charge in [0.1, 0.15) is 11.2 Å². The number of methoxy groups -OCH3 is 1. The van der Waals surface area contributed by atoms with Crippen molar-refractivity contribution in [2.45, 2.75) is 25.5 Å². The maximum atomic E-state index is 12.9. The van der Waals surface area contributed by atoms with Crippen molar-refractivity contribution < 1.29 is 14.3 Å². The molecule has 0 aliphatic carbocycles. The first-order chi connectivity index (χ1) is 17.0. The van der Waals surface area contributed by atoms with Crippen LogP contribution in [-0.4, -0.2) is 29.6 Å². The van der Waals surface area contributed by atoms with Crippen LogP contribution in [0.25, 0.3) is 22.2 Å². The fraction of sp³-hybridized carbons (Fsp3) is 0.214. The van der Waals surface area contributed by atoms with E-state index in [1.807, 2.05) is 55.5 Å². The summed E-state index contributed by atoms with van der Waals surface area (Å²) in [6, 6.07) is 21.3. The van der Waals surface area contributed by atoms with E-state index in [0.717, 1.165) is 39.0 Å². The minimum Gasteiger partial charge on any atom is -0.497 e. The lowest BCUT2D eigenvalue weighted by Crippen LogP contribution is -2.33. The van der Waals surface area contributed by atoms with Crippen LogP contribution in [0.15, 0.2) is 66.9 Å². The van der Waals surface area contributed by atoms with E-state index in [9.17, 15) is 10.1 Å². The summed E-state index contributed by atoms with van der Waals surface area (Å²) in [6.07, 6.45) is 1.76. The molecule has 2 aromatic heterocycles. The minimum absolute atomic E-state index is 0.223. The van der Waals surface area contributed by atoms with Crippen LogP contribution in [0.3, 0.4) is 0 Å². The van der Waals surface area contributed by atoms with E-state index in [2.05, 4.69) is 16.4 Å². The Morgan fingerprint density at radius 1 is 1.20 bits per heavy atom. The zero-order chi connectivity index (χ0) is 24.4. The third-order valence-electron chi connectivity index (χ3n) is 6.29. The third-order valence-corrected chi connectivity index (χ3v) is 6.29. The first-order valence-electron chi connectivity index (χ1n) is 11.3. The number of nitriles is 1. The number of benzene rings is 2. The van der Waals surface area contributed by atoms with Crippen LogP contribution >= 0.6 is 0 Å². The summed E-state index contributed by atoms with van der Waals surface area (Å²) in [5, 5.41) is 13.5. The average molecular weight is 465 g/mol. The Kier molecular flexibility index (Phi) is 5.89. The van der Waals surface area contributed by atoms with Gasteiger partial charge < -0.3 is 14.8 Å². The van der Waals surface area contributed by atoms with Crippen molar-refractivity contribution in [2.75, 3.05) is 13.7 Å². The standard InChI is InChI=1S/C28H24N4O3/c1-28(16-29)17-35-15-21-7-6-19(11-24(21)28)27(33)31-14-22-12-26-20(13-30-22)8-9-25(32-26)18-4-3-5-23(10-18)34-2/h3-13H,14-15,17H2,1-2H3,(H,31,33)/t28-/m1/s1. The molecular formula is C28H24N4O3. The van der Waals surface area contributed by atoms with Gasteiger partial charge in [-0.2, -0.15) is 5.26 Å². The molecule has 0 radical (unpaired) electrons. The van der Waals surface area contributed by atoms with E-state index in [4.69, 9.17) is 14.5 Å². The van der Waals surface area contributed by atoms with Crippen LogP contribution < -0.4 is 10.1 Å². The van der Waals surface area contributed by atoms with E-state index in [-0.39, 0.29) is 12.5 Å². The highest BCUT2D eigenvalue weighted by atomic mass is 16.5. The number of pyridine rings is 2. The maximum absolute atomic E-state index is 12.9. The van der Waals surface area contributed by atoms with Gasteiger partial charge in [0.05, 0.1) is 49.8 Å². The van der Waals surface area contributed by atoms with Crippen molar-refractivity contribution >= 4 is 16.8 Å². The summed E-state index contributed by atoms with van der Waals surface area (Å²) >= 11 is 0. The van der Waals surface area contributed by atoms with Gasteiger partial charge in [-0.3, -0.25) is 9.78 Å². The maximum Gasteiger partial charge on any atom is 0.251 e. The molecule has 0 saturated heterocycles. The van der Waals surface area contributed by atoms with Crippen LogP contribution in [0.5, 0.6) is 5.75 Å². The number of amides is 1. The van der Waals surface area contributed by atoms with Gasteiger partial charge in [-0.15, -0.1) is 0 Å². The average Bonchev–Trinajstić information content (AvgIpc) is 2.91. The van der Waals surface area contributed by atoms with E-state index in [1.165, 1.54) is 0 Å². The predicted octanol–water partition coefficient (Wildman–Crippen LogP) is 4.55. The highest BCUT2D eigenvalue weighted by molar-refractivity contribution is 5.94. The Morgan fingerprint density at radius 2 is 2.09 bits per heavy atom. The lowest BCUT2D eigenvalue weighted by atomic mass is 9.79. The Morgan fingerprint density at radius 3 is 2.91 bits per heavy atom. The molecule has 0 unspecified atom stereocenters. The molecule has 1 N–H and O–H groups in total. The smallest absolute Gasteiger partial charge is 0.251 e. The topological polar surface area (TPSA) is 97.1 Å². The zero-order valence-corrected chi connectivity index (χ0v) is 19.5. The molecule has 3 heterocycles. The Bertz CT molecular complexity index is 1480. The SMILES string of the molecule is COc1cccc(-c2ccc3cnc(CNC(=O)c4ccc5c(c4)[C@](C)(C#N)COC5)cc3n2)c1. The normalized spacial score (nSPS) is 16.8. The number of nitrogens with zero attached hydrogens (tertiary/aromatic N) is 3. The molecule has 0 fully saturated rings. The molecule has 1 atom stereocenters.